The van der Waals surface area contributed by atoms with Crippen LogP contribution >= 0.6 is 0 Å². The summed E-state index contributed by atoms with van der Waals surface area (Å²) < 4.78 is 0. The lowest BCUT2D eigenvalue weighted by atomic mass is 9.96. The first-order chi connectivity index (χ1) is 11.1. The number of benzene rings is 1. The van der Waals surface area contributed by atoms with E-state index in [2.05, 4.69) is 15.5 Å². The van der Waals surface area contributed by atoms with E-state index in [1.54, 1.807) is 6.92 Å². The number of carbonyl (C=O) groups excluding carboxylic acids is 1. The normalized spacial score (nSPS) is 27.0. The smallest absolute Gasteiger partial charge is 0.315 e. The number of piperidine rings is 1. The molecule has 2 fully saturated rings. The predicted octanol–water partition coefficient (Wildman–Crippen LogP) is 1.82. The van der Waals surface area contributed by atoms with Gasteiger partial charge in [0.1, 0.15) is 5.60 Å². The first-order valence-electron chi connectivity index (χ1n) is 8.62. The highest BCUT2D eigenvalue weighted by Gasteiger charge is 2.36. The van der Waals surface area contributed by atoms with Crippen LogP contribution in [0.4, 0.5) is 4.79 Å². The summed E-state index contributed by atoms with van der Waals surface area (Å²) in [5.41, 5.74) is -0.259. The van der Waals surface area contributed by atoms with Crippen LogP contribution in [0.1, 0.15) is 38.2 Å². The average Bonchev–Trinajstić information content (AvgIpc) is 2.97. The molecule has 3 unspecified atom stereocenters. The third-order valence-electron chi connectivity index (χ3n) is 5.16. The van der Waals surface area contributed by atoms with Crippen LogP contribution < -0.4 is 10.6 Å². The molecule has 5 nitrogen and oxygen atoms in total. The molecule has 23 heavy (non-hydrogen) atoms. The van der Waals surface area contributed by atoms with Crippen molar-refractivity contribution in [2.45, 2.75) is 50.3 Å². The topological polar surface area (TPSA) is 64.6 Å². The van der Waals surface area contributed by atoms with Gasteiger partial charge in [0.05, 0.1) is 6.54 Å². The average molecular weight is 317 g/mol. The van der Waals surface area contributed by atoms with Crippen molar-refractivity contribution >= 4 is 6.03 Å². The van der Waals surface area contributed by atoms with Crippen LogP contribution in [0, 0.1) is 0 Å². The molecule has 0 aromatic heterocycles. The molecule has 3 N–H and O–H groups in total. The summed E-state index contributed by atoms with van der Waals surface area (Å²) in [6, 6.07) is 9.97. The Hall–Kier alpha value is -1.59. The minimum absolute atomic E-state index is 0.182. The monoisotopic (exact) mass is 317 g/mol. The summed E-state index contributed by atoms with van der Waals surface area (Å²) >= 11 is 0. The Balaban J connectivity index is 1.50. The zero-order valence-corrected chi connectivity index (χ0v) is 13.8. The summed E-state index contributed by atoms with van der Waals surface area (Å²) in [5, 5.41) is 16.5. The number of urea groups is 1. The quantitative estimate of drug-likeness (QED) is 0.794. The molecule has 2 aliphatic heterocycles. The Morgan fingerprint density at radius 1 is 1.26 bits per heavy atom. The molecule has 0 bridgehead atoms. The van der Waals surface area contributed by atoms with Crippen LogP contribution in [-0.2, 0) is 5.60 Å². The molecule has 3 atom stereocenters. The molecule has 0 spiro atoms. The van der Waals surface area contributed by atoms with Gasteiger partial charge in [0, 0.05) is 18.6 Å². The van der Waals surface area contributed by atoms with Gasteiger partial charge in [0.2, 0.25) is 0 Å². The van der Waals surface area contributed by atoms with E-state index in [4.69, 9.17) is 0 Å². The van der Waals surface area contributed by atoms with Crippen LogP contribution in [0.2, 0.25) is 0 Å². The van der Waals surface area contributed by atoms with E-state index in [9.17, 15) is 9.90 Å². The number of carbonyl (C=O) groups is 1. The molecule has 126 valence electrons. The predicted molar refractivity (Wildman–Crippen MR) is 90.2 cm³/mol. The van der Waals surface area contributed by atoms with Gasteiger partial charge in [-0.25, -0.2) is 4.79 Å². The van der Waals surface area contributed by atoms with E-state index in [1.165, 1.54) is 19.3 Å². The van der Waals surface area contributed by atoms with Crippen molar-refractivity contribution in [3.05, 3.63) is 35.9 Å². The molecule has 0 saturated carbocycles. The van der Waals surface area contributed by atoms with Crippen LogP contribution in [0.3, 0.4) is 0 Å². The number of nitrogens with zero attached hydrogens (tertiary/aromatic N) is 1. The van der Waals surface area contributed by atoms with Crippen molar-refractivity contribution in [3.63, 3.8) is 0 Å². The molecule has 1 aromatic rings. The molecule has 3 rings (SSSR count). The Labute approximate surface area is 138 Å². The number of nitrogens with one attached hydrogen (secondary N) is 2. The first-order valence-corrected chi connectivity index (χ1v) is 8.62. The highest BCUT2D eigenvalue weighted by Crippen LogP contribution is 2.27. The van der Waals surface area contributed by atoms with Gasteiger partial charge < -0.3 is 15.7 Å². The van der Waals surface area contributed by atoms with Crippen LogP contribution in [0.5, 0.6) is 0 Å². The SMILES string of the molecule is CC(O)(CNC(=O)NC1CCN2CCCCC12)c1ccccc1. The summed E-state index contributed by atoms with van der Waals surface area (Å²) in [6.45, 7) is 4.16. The van der Waals surface area contributed by atoms with Crippen molar-refractivity contribution in [1.29, 1.82) is 0 Å². The minimum atomic E-state index is -1.06. The summed E-state index contributed by atoms with van der Waals surface area (Å²) in [7, 11) is 0. The van der Waals surface area contributed by atoms with E-state index in [-0.39, 0.29) is 18.6 Å². The third-order valence-corrected chi connectivity index (χ3v) is 5.16. The number of hydrogen-bond acceptors (Lipinski definition) is 3. The van der Waals surface area contributed by atoms with E-state index >= 15 is 0 Å². The number of rotatable bonds is 4. The molecule has 0 radical (unpaired) electrons. The first kappa shape index (κ1) is 16.3. The van der Waals surface area contributed by atoms with Crippen molar-refractivity contribution in [2.24, 2.45) is 0 Å². The zero-order valence-electron chi connectivity index (χ0n) is 13.8. The van der Waals surface area contributed by atoms with Gasteiger partial charge in [-0.3, -0.25) is 4.90 Å². The maximum Gasteiger partial charge on any atom is 0.315 e. The van der Waals surface area contributed by atoms with Gasteiger partial charge >= 0.3 is 6.03 Å². The van der Waals surface area contributed by atoms with Gasteiger partial charge in [-0.05, 0) is 38.3 Å². The van der Waals surface area contributed by atoms with Gasteiger partial charge in [-0.1, -0.05) is 36.8 Å². The second kappa shape index (κ2) is 6.89. The van der Waals surface area contributed by atoms with Crippen molar-refractivity contribution in [2.75, 3.05) is 19.6 Å². The molecule has 5 heteroatoms. The summed E-state index contributed by atoms with van der Waals surface area (Å²) in [5.74, 6) is 0. The largest absolute Gasteiger partial charge is 0.384 e. The highest BCUT2D eigenvalue weighted by molar-refractivity contribution is 5.74. The Morgan fingerprint density at radius 2 is 2.04 bits per heavy atom. The van der Waals surface area contributed by atoms with Crippen LogP contribution in [-0.4, -0.2) is 47.8 Å². The standard InChI is InChI=1S/C18H27N3O2/c1-18(23,14-7-3-2-4-8-14)13-19-17(22)20-15-10-12-21-11-6-5-9-16(15)21/h2-4,7-8,15-16,23H,5-6,9-13H2,1H3,(H2,19,20,22). The van der Waals surface area contributed by atoms with Crippen LogP contribution in [0.15, 0.2) is 30.3 Å². The summed E-state index contributed by atoms with van der Waals surface area (Å²) in [4.78, 5) is 14.7. The fourth-order valence-electron chi connectivity index (χ4n) is 3.79. The van der Waals surface area contributed by atoms with Gasteiger partial charge in [0.25, 0.3) is 0 Å². The molecular formula is C18H27N3O2. The molecule has 2 amide bonds. The molecule has 0 aliphatic carbocycles. The van der Waals surface area contributed by atoms with Crippen molar-refractivity contribution < 1.29 is 9.90 Å². The van der Waals surface area contributed by atoms with Gasteiger partial charge in [-0.15, -0.1) is 0 Å². The fourth-order valence-corrected chi connectivity index (χ4v) is 3.79. The van der Waals surface area contributed by atoms with E-state index in [0.29, 0.717) is 6.04 Å². The maximum absolute atomic E-state index is 12.2. The molecule has 1 aromatic carbocycles. The molecule has 2 heterocycles. The van der Waals surface area contributed by atoms with Gasteiger partial charge in [0.15, 0.2) is 0 Å². The molecule has 2 saturated heterocycles. The number of aliphatic hydroxyl groups is 1. The minimum Gasteiger partial charge on any atom is -0.384 e. The van der Waals surface area contributed by atoms with Crippen molar-refractivity contribution in [1.82, 2.24) is 15.5 Å². The number of hydrogen-bond donors (Lipinski definition) is 3. The number of amides is 2. The molecule has 2 aliphatic rings. The summed E-state index contributed by atoms with van der Waals surface area (Å²) in [6.07, 6.45) is 4.72. The molecular weight excluding hydrogens is 290 g/mol. The highest BCUT2D eigenvalue weighted by atomic mass is 16.3. The Kier molecular flexibility index (Phi) is 4.87. The Morgan fingerprint density at radius 3 is 2.83 bits per heavy atom. The van der Waals surface area contributed by atoms with E-state index in [0.717, 1.165) is 25.1 Å². The lowest BCUT2D eigenvalue weighted by Gasteiger charge is -2.32. The fraction of sp³-hybridized carbons (Fsp3) is 0.611. The van der Waals surface area contributed by atoms with E-state index < -0.39 is 5.60 Å². The van der Waals surface area contributed by atoms with Crippen LogP contribution in [0.25, 0.3) is 0 Å². The lowest BCUT2D eigenvalue weighted by Crippen LogP contribution is -2.51. The third kappa shape index (κ3) is 3.85. The lowest BCUT2D eigenvalue weighted by molar-refractivity contribution is 0.0591. The second-order valence-electron chi connectivity index (χ2n) is 6.96. The zero-order chi connectivity index (χ0) is 16.3. The van der Waals surface area contributed by atoms with Gasteiger partial charge in [-0.2, -0.15) is 0 Å². The number of fused-ring (bicyclic) bond motifs is 1. The second-order valence-corrected chi connectivity index (χ2v) is 6.96. The Bertz CT molecular complexity index is 532. The van der Waals surface area contributed by atoms with E-state index in [1.807, 2.05) is 30.3 Å². The van der Waals surface area contributed by atoms with Crippen molar-refractivity contribution in [3.8, 4) is 0 Å². The maximum atomic E-state index is 12.2.